The molecule has 0 atom stereocenters. The maximum Gasteiger partial charge on any atom is 0.371 e. The SMILES string of the molecule is CCCCCC(C)(C)CNCc1ccc(C(=O)O)o1. The summed E-state index contributed by atoms with van der Waals surface area (Å²) in [5.74, 6) is -0.355. The van der Waals surface area contributed by atoms with Crippen molar-refractivity contribution in [1.82, 2.24) is 5.32 Å². The van der Waals surface area contributed by atoms with Crippen LogP contribution in [0.2, 0.25) is 0 Å². The van der Waals surface area contributed by atoms with E-state index in [1.165, 1.54) is 31.7 Å². The number of unbranched alkanes of at least 4 members (excludes halogenated alkanes) is 2. The number of carboxylic acids is 1. The highest BCUT2D eigenvalue weighted by Gasteiger charge is 2.17. The molecular formula is C15H25NO3. The van der Waals surface area contributed by atoms with E-state index in [-0.39, 0.29) is 11.2 Å². The average Bonchev–Trinajstić information content (AvgIpc) is 2.78. The quantitative estimate of drug-likeness (QED) is 0.670. The van der Waals surface area contributed by atoms with E-state index in [1.54, 1.807) is 6.07 Å². The van der Waals surface area contributed by atoms with Gasteiger partial charge in [-0.1, -0.05) is 40.0 Å². The zero-order chi connectivity index (χ0) is 14.3. The summed E-state index contributed by atoms with van der Waals surface area (Å²) < 4.78 is 5.20. The second-order valence-electron chi connectivity index (χ2n) is 5.80. The Morgan fingerprint density at radius 1 is 1.37 bits per heavy atom. The van der Waals surface area contributed by atoms with Gasteiger partial charge in [0.15, 0.2) is 0 Å². The average molecular weight is 267 g/mol. The minimum atomic E-state index is -1.02. The Balaban J connectivity index is 2.30. The minimum Gasteiger partial charge on any atom is -0.475 e. The van der Waals surface area contributed by atoms with E-state index in [9.17, 15) is 4.79 Å². The highest BCUT2D eigenvalue weighted by Crippen LogP contribution is 2.22. The van der Waals surface area contributed by atoms with Crippen molar-refractivity contribution >= 4 is 5.97 Å². The number of furan rings is 1. The Bertz CT molecular complexity index is 396. The molecule has 0 spiro atoms. The number of hydrogen-bond acceptors (Lipinski definition) is 3. The lowest BCUT2D eigenvalue weighted by Gasteiger charge is -2.24. The minimum absolute atomic E-state index is 0.000920. The van der Waals surface area contributed by atoms with Crippen LogP contribution in [0, 0.1) is 5.41 Å². The first-order valence-electron chi connectivity index (χ1n) is 6.97. The van der Waals surface area contributed by atoms with Gasteiger partial charge < -0.3 is 14.8 Å². The van der Waals surface area contributed by atoms with Gasteiger partial charge in [0, 0.05) is 6.54 Å². The maximum atomic E-state index is 10.7. The lowest BCUT2D eigenvalue weighted by molar-refractivity contribution is 0.0660. The Morgan fingerprint density at radius 3 is 2.68 bits per heavy atom. The molecule has 2 N–H and O–H groups in total. The van der Waals surface area contributed by atoms with E-state index >= 15 is 0 Å². The van der Waals surface area contributed by atoms with Crippen LogP contribution in [0.3, 0.4) is 0 Å². The van der Waals surface area contributed by atoms with Crippen LogP contribution in [0.1, 0.15) is 62.8 Å². The van der Waals surface area contributed by atoms with E-state index in [2.05, 4.69) is 26.1 Å². The van der Waals surface area contributed by atoms with Crippen LogP contribution in [0.4, 0.5) is 0 Å². The van der Waals surface area contributed by atoms with E-state index in [0.717, 1.165) is 6.54 Å². The lowest BCUT2D eigenvalue weighted by atomic mass is 9.87. The molecule has 0 radical (unpaired) electrons. The summed E-state index contributed by atoms with van der Waals surface area (Å²) in [6.45, 7) is 8.19. The molecule has 19 heavy (non-hydrogen) atoms. The van der Waals surface area contributed by atoms with Crippen LogP contribution in [-0.4, -0.2) is 17.6 Å². The number of hydrogen-bond donors (Lipinski definition) is 2. The molecule has 0 aliphatic rings. The molecule has 0 saturated carbocycles. The monoisotopic (exact) mass is 267 g/mol. The molecule has 0 saturated heterocycles. The lowest BCUT2D eigenvalue weighted by Crippen LogP contribution is -2.28. The first-order chi connectivity index (χ1) is 8.94. The fraction of sp³-hybridized carbons (Fsp3) is 0.667. The fourth-order valence-corrected chi connectivity index (χ4v) is 2.05. The third-order valence-electron chi connectivity index (χ3n) is 3.23. The smallest absolute Gasteiger partial charge is 0.371 e. The molecule has 0 aliphatic carbocycles. The van der Waals surface area contributed by atoms with E-state index in [0.29, 0.717) is 12.3 Å². The van der Waals surface area contributed by atoms with Crippen LogP contribution in [-0.2, 0) is 6.54 Å². The number of aromatic carboxylic acids is 1. The van der Waals surface area contributed by atoms with E-state index in [1.807, 2.05) is 0 Å². The normalized spacial score (nSPS) is 11.7. The van der Waals surface area contributed by atoms with Gasteiger partial charge in [-0.05, 0) is 24.0 Å². The summed E-state index contributed by atoms with van der Waals surface area (Å²) in [6, 6.07) is 3.20. The summed E-state index contributed by atoms with van der Waals surface area (Å²) in [4.78, 5) is 10.7. The molecule has 1 heterocycles. The molecule has 0 bridgehead atoms. The Hall–Kier alpha value is -1.29. The molecule has 108 valence electrons. The van der Waals surface area contributed by atoms with Gasteiger partial charge in [0.05, 0.1) is 6.54 Å². The van der Waals surface area contributed by atoms with Crippen LogP contribution < -0.4 is 5.32 Å². The number of nitrogens with one attached hydrogen (secondary N) is 1. The summed E-state index contributed by atoms with van der Waals surface area (Å²) in [5.41, 5.74) is 0.261. The third kappa shape index (κ3) is 5.92. The molecular weight excluding hydrogens is 242 g/mol. The Morgan fingerprint density at radius 2 is 2.11 bits per heavy atom. The van der Waals surface area contributed by atoms with Crippen molar-refractivity contribution in [2.75, 3.05) is 6.54 Å². The zero-order valence-corrected chi connectivity index (χ0v) is 12.2. The fourth-order valence-electron chi connectivity index (χ4n) is 2.05. The van der Waals surface area contributed by atoms with Crippen LogP contribution in [0.5, 0.6) is 0 Å². The van der Waals surface area contributed by atoms with E-state index in [4.69, 9.17) is 9.52 Å². The van der Waals surface area contributed by atoms with Gasteiger partial charge in [0.1, 0.15) is 5.76 Å². The van der Waals surface area contributed by atoms with Gasteiger partial charge in [-0.25, -0.2) is 4.79 Å². The van der Waals surface area contributed by atoms with Crippen LogP contribution in [0.15, 0.2) is 16.5 Å². The van der Waals surface area contributed by atoms with Gasteiger partial charge in [-0.2, -0.15) is 0 Å². The van der Waals surface area contributed by atoms with Crippen molar-refractivity contribution in [3.8, 4) is 0 Å². The second kappa shape index (κ2) is 7.34. The maximum absolute atomic E-state index is 10.7. The van der Waals surface area contributed by atoms with Gasteiger partial charge in [0.25, 0.3) is 0 Å². The van der Waals surface area contributed by atoms with E-state index < -0.39 is 5.97 Å². The topological polar surface area (TPSA) is 62.5 Å². The molecule has 1 aromatic heterocycles. The largest absolute Gasteiger partial charge is 0.475 e. The van der Waals surface area contributed by atoms with Crippen molar-refractivity contribution in [2.45, 2.75) is 53.0 Å². The van der Waals surface area contributed by atoms with Crippen LogP contribution >= 0.6 is 0 Å². The van der Waals surface area contributed by atoms with Crippen molar-refractivity contribution < 1.29 is 14.3 Å². The van der Waals surface area contributed by atoms with Gasteiger partial charge in [0.2, 0.25) is 5.76 Å². The predicted octanol–water partition coefficient (Wildman–Crippen LogP) is 3.67. The zero-order valence-electron chi connectivity index (χ0n) is 12.2. The van der Waals surface area contributed by atoms with Gasteiger partial charge in [-0.3, -0.25) is 0 Å². The van der Waals surface area contributed by atoms with Crippen molar-refractivity contribution in [1.29, 1.82) is 0 Å². The Kier molecular flexibility index (Phi) is 6.09. The summed E-state index contributed by atoms with van der Waals surface area (Å²) in [7, 11) is 0. The third-order valence-corrected chi connectivity index (χ3v) is 3.23. The number of carbonyl (C=O) groups is 1. The van der Waals surface area contributed by atoms with Crippen molar-refractivity contribution in [2.24, 2.45) is 5.41 Å². The molecule has 1 rings (SSSR count). The standard InChI is InChI=1S/C15H25NO3/c1-4-5-6-9-15(2,3)11-16-10-12-7-8-13(19-12)14(17)18/h7-8,16H,4-6,9-11H2,1-3H3,(H,17,18). The first-order valence-corrected chi connectivity index (χ1v) is 6.97. The predicted molar refractivity (Wildman–Crippen MR) is 75.3 cm³/mol. The second-order valence-corrected chi connectivity index (χ2v) is 5.80. The highest BCUT2D eigenvalue weighted by atomic mass is 16.4. The Labute approximate surface area is 115 Å². The number of carboxylic acid groups (broad SMARTS) is 1. The molecule has 0 aromatic carbocycles. The molecule has 4 heteroatoms. The highest BCUT2D eigenvalue weighted by molar-refractivity contribution is 5.84. The summed E-state index contributed by atoms with van der Waals surface area (Å²) in [6.07, 6.45) is 4.99. The molecule has 4 nitrogen and oxygen atoms in total. The number of rotatable bonds is 9. The van der Waals surface area contributed by atoms with Gasteiger partial charge >= 0.3 is 5.97 Å². The summed E-state index contributed by atoms with van der Waals surface area (Å²) in [5, 5.41) is 12.1. The molecule has 0 aliphatic heterocycles. The van der Waals surface area contributed by atoms with Crippen molar-refractivity contribution in [3.05, 3.63) is 23.7 Å². The molecule has 0 unspecified atom stereocenters. The van der Waals surface area contributed by atoms with Crippen molar-refractivity contribution in [3.63, 3.8) is 0 Å². The molecule has 0 fully saturated rings. The first kappa shape index (κ1) is 15.8. The summed E-state index contributed by atoms with van der Waals surface area (Å²) >= 11 is 0. The van der Waals surface area contributed by atoms with Gasteiger partial charge in [-0.15, -0.1) is 0 Å². The molecule has 1 aromatic rings. The molecule has 0 amide bonds. The van der Waals surface area contributed by atoms with Crippen LogP contribution in [0.25, 0.3) is 0 Å².